The molecule has 3 aromatic carbocycles. The highest BCUT2D eigenvalue weighted by molar-refractivity contribution is 6.14. The summed E-state index contributed by atoms with van der Waals surface area (Å²) in [7, 11) is 1.52. The molecule has 2 heterocycles. The van der Waals surface area contributed by atoms with Gasteiger partial charge in [-0.3, -0.25) is 29.7 Å². The van der Waals surface area contributed by atoms with Crippen molar-refractivity contribution in [3.63, 3.8) is 0 Å². The van der Waals surface area contributed by atoms with E-state index in [0.717, 1.165) is 16.0 Å². The van der Waals surface area contributed by atoms with E-state index in [4.69, 9.17) is 4.74 Å². The van der Waals surface area contributed by atoms with E-state index in [0.29, 0.717) is 28.3 Å². The van der Waals surface area contributed by atoms with Gasteiger partial charge in [0.15, 0.2) is 0 Å². The number of nitrogens with zero attached hydrogens (tertiary/aromatic N) is 3. The summed E-state index contributed by atoms with van der Waals surface area (Å²) in [4.78, 5) is 51.4. The molecule has 0 bridgehead atoms. The number of carbonyl (C=O) groups is 2. The van der Waals surface area contributed by atoms with Crippen LogP contribution in [0, 0.1) is 24.0 Å². The van der Waals surface area contributed by atoms with Gasteiger partial charge in [0.1, 0.15) is 11.4 Å². The molecule has 1 fully saturated rings. The number of ether oxygens (including phenoxy) is 1. The molecular weight excluding hydrogens is 514 g/mol. The average Bonchev–Trinajstić information content (AvgIpc) is 3.39. The molecule has 1 aliphatic heterocycles. The Hall–Kier alpha value is -5.45. The highest BCUT2D eigenvalue weighted by atomic mass is 16.6. The number of amides is 3. The number of H-pyrrole nitrogens is 1. The van der Waals surface area contributed by atoms with E-state index < -0.39 is 22.4 Å². The van der Waals surface area contributed by atoms with E-state index in [1.165, 1.54) is 36.1 Å². The summed E-state index contributed by atoms with van der Waals surface area (Å²) in [5.74, 6) is -0.161. The zero-order valence-electron chi connectivity index (χ0n) is 21.9. The normalized spacial score (nSPS) is 14.1. The Balaban J connectivity index is 1.60. The van der Waals surface area contributed by atoms with Crippen molar-refractivity contribution in [2.75, 3.05) is 7.11 Å². The second-order valence-corrected chi connectivity index (χ2v) is 9.34. The number of para-hydroxylation sites is 1. The van der Waals surface area contributed by atoms with Crippen LogP contribution in [0.4, 0.5) is 10.5 Å². The molecule has 2 N–H and O–H groups in total. The number of carbonyl (C=O) groups excluding carboxylic acids is 2. The largest absolute Gasteiger partial charge is 0.496 e. The first kappa shape index (κ1) is 26.2. The molecule has 11 nitrogen and oxygen atoms in total. The maximum absolute atomic E-state index is 13.8. The number of benzene rings is 3. The Labute approximate surface area is 228 Å². The van der Waals surface area contributed by atoms with Crippen LogP contribution in [0.1, 0.15) is 22.3 Å². The molecule has 40 heavy (non-hydrogen) atoms. The molecule has 0 atom stereocenters. The second-order valence-electron chi connectivity index (χ2n) is 9.34. The van der Waals surface area contributed by atoms with Crippen molar-refractivity contribution in [2.45, 2.75) is 20.4 Å². The van der Waals surface area contributed by atoms with E-state index >= 15 is 0 Å². The van der Waals surface area contributed by atoms with Crippen molar-refractivity contribution >= 4 is 23.7 Å². The Bertz CT molecular complexity index is 1770. The summed E-state index contributed by atoms with van der Waals surface area (Å²) < 4.78 is 6.92. The maximum Gasteiger partial charge on any atom is 0.329 e. The molecule has 11 heteroatoms. The van der Waals surface area contributed by atoms with Gasteiger partial charge in [-0.1, -0.05) is 42.0 Å². The number of nitrogens with one attached hydrogen (secondary N) is 2. The highest BCUT2D eigenvalue weighted by Crippen LogP contribution is 2.32. The molecule has 1 aromatic heterocycles. The number of aromatic nitrogens is 2. The quantitative estimate of drug-likeness (QED) is 0.154. The molecule has 0 saturated carbocycles. The highest BCUT2D eigenvalue weighted by Gasteiger charge is 2.34. The van der Waals surface area contributed by atoms with Crippen molar-refractivity contribution in [2.24, 2.45) is 0 Å². The number of urea groups is 1. The van der Waals surface area contributed by atoms with Gasteiger partial charge in [-0.05, 0) is 49.2 Å². The lowest BCUT2D eigenvalue weighted by molar-refractivity contribution is -0.384. The van der Waals surface area contributed by atoms with Gasteiger partial charge in [0, 0.05) is 17.7 Å². The summed E-state index contributed by atoms with van der Waals surface area (Å²) in [5.41, 5.74) is 3.38. The Kier molecular flexibility index (Phi) is 6.78. The van der Waals surface area contributed by atoms with Crippen LogP contribution in [0.25, 0.3) is 23.0 Å². The summed E-state index contributed by atoms with van der Waals surface area (Å²) >= 11 is 0. The number of non-ortho nitro benzene ring substituents is 1. The zero-order chi connectivity index (χ0) is 28.6. The van der Waals surface area contributed by atoms with Crippen LogP contribution >= 0.6 is 0 Å². The molecule has 1 saturated heterocycles. The number of nitro groups is 1. The summed E-state index contributed by atoms with van der Waals surface area (Å²) in [6.07, 6.45) is 1.34. The monoisotopic (exact) mass is 539 g/mol. The van der Waals surface area contributed by atoms with Crippen LogP contribution in [-0.2, 0) is 11.3 Å². The molecular formula is C29H25N5O6. The molecule has 0 spiro atoms. The number of aromatic amines is 1. The molecule has 202 valence electrons. The molecule has 0 radical (unpaired) electrons. The number of hydrogen-bond acceptors (Lipinski definition) is 6. The lowest BCUT2D eigenvalue weighted by atomic mass is 10.1. The van der Waals surface area contributed by atoms with Gasteiger partial charge in [-0.25, -0.2) is 9.48 Å². The fraction of sp³-hybridized carbons (Fsp3) is 0.138. The first-order valence-corrected chi connectivity index (χ1v) is 12.3. The molecule has 5 rings (SSSR count). The third-order valence-electron chi connectivity index (χ3n) is 6.61. The topological polar surface area (TPSA) is 140 Å². The van der Waals surface area contributed by atoms with Gasteiger partial charge in [0.25, 0.3) is 17.2 Å². The number of aryl methyl sites for hydroxylation is 2. The van der Waals surface area contributed by atoms with Gasteiger partial charge in [-0.15, -0.1) is 0 Å². The van der Waals surface area contributed by atoms with Crippen LogP contribution in [0.2, 0.25) is 0 Å². The number of hydrogen-bond donors (Lipinski definition) is 2. The smallest absolute Gasteiger partial charge is 0.329 e. The fourth-order valence-corrected chi connectivity index (χ4v) is 4.68. The van der Waals surface area contributed by atoms with Gasteiger partial charge in [-0.2, -0.15) is 0 Å². The van der Waals surface area contributed by atoms with Crippen molar-refractivity contribution in [3.8, 4) is 22.7 Å². The van der Waals surface area contributed by atoms with E-state index in [1.54, 1.807) is 30.3 Å². The zero-order valence-corrected chi connectivity index (χ0v) is 21.9. The Morgan fingerprint density at radius 1 is 1.00 bits per heavy atom. The summed E-state index contributed by atoms with van der Waals surface area (Å²) in [5, 5.41) is 16.8. The van der Waals surface area contributed by atoms with E-state index in [9.17, 15) is 24.5 Å². The number of rotatable bonds is 7. The number of imide groups is 1. The van der Waals surface area contributed by atoms with Crippen LogP contribution in [0.3, 0.4) is 0 Å². The van der Waals surface area contributed by atoms with Crippen molar-refractivity contribution in [3.05, 3.63) is 115 Å². The van der Waals surface area contributed by atoms with Gasteiger partial charge < -0.3 is 10.1 Å². The molecule has 0 unspecified atom stereocenters. The average molecular weight is 540 g/mol. The minimum atomic E-state index is -0.702. The first-order chi connectivity index (χ1) is 19.2. The van der Waals surface area contributed by atoms with Crippen molar-refractivity contribution in [1.82, 2.24) is 20.0 Å². The Morgan fingerprint density at radius 3 is 2.50 bits per heavy atom. The van der Waals surface area contributed by atoms with Gasteiger partial charge in [0.05, 0.1) is 35.5 Å². The first-order valence-electron chi connectivity index (χ1n) is 12.3. The van der Waals surface area contributed by atoms with Gasteiger partial charge in [0.2, 0.25) is 0 Å². The van der Waals surface area contributed by atoms with E-state index in [2.05, 4.69) is 10.4 Å². The fourth-order valence-electron chi connectivity index (χ4n) is 4.68. The molecule has 1 aliphatic rings. The van der Waals surface area contributed by atoms with E-state index in [-0.39, 0.29) is 23.5 Å². The SMILES string of the molecule is COc1ccccc1-c1[nH]n(-c2ccc(C)cc2C)c(=O)c1C=C1NC(=O)N(Cc2cccc([N+](=O)[O-])c2)C1=O. The standard InChI is InChI=1S/C29H25N5O6/c1-17-11-12-24(18(2)13-17)33-27(35)22(26(31-33)21-9-4-5-10-25(21)40-3)15-23-28(36)32(29(37)30-23)16-19-7-6-8-20(14-19)34(38)39/h4-15,31H,16H2,1-3H3,(H,30,37). The van der Waals surface area contributed by atoms with Crippen molar-refractivity contribution < 1.29 is 19.2 Å². The summed E-state index contributed by atoms with van der Waals surface area (Å²) in [6, 6.07) is 17.8. The lowest BCUT2D eigenvalue weighted by Crippen LogP contribution is -2.30. The molecule has 0 aliphatic carbocycles. The van der Waals surface area contributed by atoms with Crippen LogP contribution < -0.4 is 15.6 Å². The Morgan fingerprint density at radius 2 is 1.77 bits per heavy atom. The maximum atomic E-state index is 13.8. The molecule has 3 amide bonds. The minimum Gasteiger partial charge on any atom is -0.496 e. The summed E-state index contributed by atoms with van der Waals surface area (Å²) in [6.45, 7) is 3.67. The third-order valence-corrected chi connectivity index (χ3v) is 6.61. The number of methoxy groups -OCH3 is 1. The van der Waals surface area contributed by atoms with Gasteiger partial charge >= 0.3 is 6.03 Å². The molecule has 4 aromatic rings. The predicted molar refractivity (Wildman–Crippen MR) is 148 cm³/mol. The van der Waals surface area contributed by atoms with Crippen LogP contribution in [0.15, 0.2) is 77.2 Å². The van der Waals surface area contributed by atoms with Crippen LogP contribution in [-0.4, -0.2) is 38.7 Å². The third kappa shape index (κ3) is 4.75. The number of nitro benzene ring substituents is 1. The van der Waals surface area contributed by atoms with Crippen molar-refractivity contribution in [1.29, 1.82) is 0 Å². The second kappa shape index (κ2) is 10.4. The minimum absolute atomic E-state index is 0.101. The predicted octanol–water partition coefficient (Wildman–Crippen LogP) is 4.46. The van der Waals surface area contributed by atoms with E-state index in [1.807, 2.05) is 32.0 Å². The lowest BCUT2D eigenvalue weighted by Gasteiger charge is -2.11. The van der Waals surface area contributed by atoms with Crippen LogP contribution in [0.5, 0.6) is 5.75 Å².